The van der Waals surface area contributed by atoms with Crippen LogP contribution in [0, 0.1) is 5.92 Å². The third kappa shape index (κ3) is 3.04. The van der Waals surface area contributed by atoms with Gasteiger partial charge in [0.15, 0.2) is 0 Å². The van der Waals surface area contributed by atoms with Gasteiger partial charge in [0, 0.05) is 43.2 Å². The number of hydrogen-bond acceptors (Lipinski definition) is 4. The van der Waals surface area contributed by atoms with E-state index in [4.69, 9.17) is 4.74 Å². The maximum atomic E-state index is 11.6. The summed E-state index contributed by atoms with van der Waals surface area (Å²) in [5.74, 6) is 1.12. The largest absolute Gasteiger partial charge is 0.488 e. The van der Waals surface area contributed by atoms with Gasteiger partial charge in [0.25, 0.3) is 0 Å². The molecule has 3 heterocycles. The summed E-state index contributed by atoms with van der Waals surface area (Å²) in [6, 6.07) is 6.71. The number of rotatable bonds is 6. The van der Waals surface area contributed by atoms with E-state index in [1.165, 1.54) is 12.8 Å². The third-order valence-corrected chi connectivity index (χ3v) is 5.82. The summed E-state index contributed by atoms with van der Waals surface area (Å²) in [6.45, 7) is 5.63. The van der Waals surface area contributed by atoms with Crippen molar-refractivity contribution in [2.45, 2.75) is 51.8 Å². The number of fused-ring (bicyclic) bond motifs is 1. The number of hydrogen-bond donors (Lipinski definition) is 1. The molecule has 3 aromatic rings. The van der Waals surface area contributed by atoms with Gasteiger partial charge in [0.05, 0.1) is 17.5 Å². The van der Waals surface area contributed by atoms with Crippen LogP contribution in [0.15, 0.2) is 30.7 Å². The van der Waals surface area contributed by atoms with E-state index in [9.17, 15) is 4.79 Å². The monoisotopic (exact) mass is 379 g/mol. The number of benzene rings is 1. The van der Waals surface area contributed by atoms with E-state index in [1.807, 2.05) is 30.2 Å². The number of imidazole rings is 1. The van der Waals surface area contributed by atoms with Gasteiger partial charge in [-0.15, -0.1) is 0 Å². The Balaban J connectivity index is 1.55. The fourth-order valence-electron chi connectivity index (χ4n) is 3.95. The van der Waals surface area contributed by atoms with Crippen LogP contribution in [0.1, 0.15) is 39.2 Å². The molecule has 2 aromatic heterocycles. The highest BCUT2D eigenvalue weighted by atomic mass is 16.5. The number of carbonyl (C=O) groups excluding carboxylic acids is 1. The van der Waals surface area contributed by atoms with Crippen molar-refractivity contribution in [2.75, 3.05) is 6.54 Å². The highest BCUT2D eigenvalue weighted by Crippen LogP contribution is 2.41. The molecule has 0 bridgehead atoms. The van der Waals surface area contributed by atoms with Crippen molar-refractivity contribution in [1.82, 2.24) is 24.6 Å². The normalized spacial score (nSPS) is 20.5. The predicted octanol–water partition coefficient (Wildman–Crippen LogP) is 3.16. The van der Waals surface area contributed by atoms with Gasteiger partial charge < -0.3 is 14.6 Å². The Bertz CT molecular complexity index is 1030. The van der Waals surface area contributed by atoms with E-state index < -0.39 is 0 Å². The lowest BCUT2D eigenvalue weighted by Gasteiger charge is -2.21. The summed E-state index contributed by atoms with van der Waals surface area (Å²) in [5, 5.41) is 7.54. The second-order valence-electron chi connectivity index (χ2n) is 7.87. The quantitative estimate of drug-likeness (QED) is 0.714. The molecule has 1 aromatic carbocycles. The van der Waals surface area contributed by atoms with Crippen molar-refractivity contribution < 1.29 is 9.53 Å². The SMILES string of the molecule is CCn1ccc(-c2cc(O[C@H](C)[C@H]3CNC(=O)C3)c3c(c2)ncn3C2CC2)n1. The average Bonchev–Trinajstić information content (AvgIpc) is 3.10. The summed E-state index contributed by atoms with van der Waals surface area (Å²) in [7, 11) is 0. The number of amides is 1. The molecule has 28 heavy (non-hydrogen) atoms. The van der Waals surface area contributed by atoms with E-state index in [-0.39, 0.29) is 17.9 Å². The van der Waals surface area contributed by atoms with Crippen LogP contribution < -0.4 is 10.1 Å². The first-order valence-electron chi connectivity index (χ1n) is 10.1. The average molecular weight is 379 g/mol. The molecule has 2 atom stereocenters. The third-order valence-electron chi connectivity index (χ3n) is 5.82. The van der Waals surface area contributed by atoms with Gasteiger partial charge in [0.1, 0.15) is 17.4 Å². The number of aryl methyl sites for hydroxylation is 1. The Morgan fingerprint density at radius 2 is 2.21 bits per heavy atom. The fourth-order valence-corrected chi connectivity index (χ4v) is 3.95. The van der Waals surface area contributed by atoms with Crippen LogP contribution in [-0.2, 0) is 11.3 Å². The van der Waals surface area contributed by atoms with Crippen LogP contribution >= 0.6 is 0 Å². The Labute approximate surface area is 163 Å². The number of carbonyl (C=O) groups is 1. The zero-order valence-corrected chi connectivity index (χ0v) is 16.3. The van der Waals surface area contributed by atoms with Gasteiger partial charge in [-0.1, -0.05) is 0 Å². The maximum absolute atomic E-state index is 11.6. The Morgan fingerprint density at radius 1 is 1.36 bits per heavy atom. The van der Waals surface area contributed by atoms with E-state index in [2.05, 4.69) is 39.0 Å². The number of aromatic nitrogens is 4. The molecule has 0 radical (unpaired) electrons. The lowest BCUT2D eigenvalue weighted by molar-refractivity contribution is -0.119. The van der Waals surface area contributed by atoms with Crippen molar-refractivity contribution in [3.63, 3.8) is 0 Å². The minimum Gasteiger partial charge on any atom is -0.488 e. The van der Waals surface area contributed by atoms with E-state index in [1.54, 1.807) is 0 Å². The molecule has 1 saturated heterocycles. The maximum Gasteiger partial charge on any atom is 0.220 e. The Morgan fingerprint density at radius 3 is 2.89 bits per heavy atom. The lowest BCUT2D eigenvalue weighted by Crippen LogP contribution is -2.25. The first-order chi connectivity index (χ1) is 13.6. The lowest BCUT2D eigenvalue weighted by atomic mass is 10.0. The zero-order chi connectivity index (χ0) is 19.3. The predicted molar refractivity (Wildman–Crippen MR) is 106 cm³/mol. The van der Waals surface area contributed by atoms with Crippen LogP contribution in [0.5, 0.6) is 5.75 Å². The second-order valence-corrected chi connectivity index (χ2v) is 7.87. The van der Waals surface area contributed by atoms with Crippen LogP contribution in [0.25, 0.3) is 22.3 Å². The molecule has 1 amide bonds. The van der Waals surface area contributed by atoms with Gasteiger partial charge in [-0.3, -0.25) is 9.48 Å². The highest BCUT2D eigenvalue weighted by molar-refractivity contribution is 5.87. The summed E-state index contributed by atoms with van der Waals surface area (Å²) in [5.41, 5.74) is 3.90. The molecule has 7 heteroatoms. The van der Waals surface area contributed by atoms with Crippen molar-refractivity contribution >= 4 is 16.9 Å². The van der Waals surface area contributed by atoms with Gasteiger partial charge in [0.2, 0.25) is 5.91 Å². The molecule has 2 aliphatic rings. The van der Waals surface area contributed by atoms with E-state index in [0.717, 1.165) is 34.6 Å². The molecule has 0 unspecified atom stereocenters. The van der Waals surface area contributed by atoms with Crippen LogP contribution in [-0.4, -0.2) is 37.9 Å². The smallest absolute Gasteiger partial charge is 0.220 e. The first-order valence-corrected chi connectivity index (χ1v) is 10.1. The molecular formula is C21H25N5O2. The van der Waals surface area contributed by atoms with Crippen LogP contribution in [0.2, 0.25) is 0 Å². The molecule has 1 N–H and O–H groups in total. The van der Waals surface area contributed by atoms with Gasteiger partial charge >= 0.3 is 0 Å². The van der Waals surface area contributed by atoms with E-state index in [0.29, 0.717) is 19.0 Å². The molecule has 5 rings (SSSR count). The standard InChI is InChI=1S/C21H25N5O2/c1-3-25-7-6-17(24-25)14-8-18-21(26(12-23-18)16-4-5-16)19(9-14)28-13(2)15-10-20(27)22-11-15/h6-9,12-13,15-16H,3-5,10-11H2,1-2H3,(H,22,27)/t13-,15-/m1/s1. The van der Waals surface area contributed by atoms with Gasteiger partial charge in [-0.05, 0) is 44.9 Å². The summed E-state index contributed by atoms with van der Waals surface area (Å²) in [6.07, 6.45) is 6.74. The summed E-state index contributed by atoms with van der Waals surface area (Å²) < 4.78 is 10.6. The van der Waals surface area contributed by atoms with Gasteiger partial charge in [-0.25, -0.2) is 4.98 Å². The van der Waals surface area contributed by atoms with Crippen molar-refractivity contribution in [2.24, 2.45) is 5.92 Å². The molecule has 1 saturated carbocycles. The van der Waals surface area contributed by atoms with Crippen molar-refractivity contribution in [1.29, 1.82) is 0 Å². The summed E-state index contributed by atoms with van der Waals surface area (Å²) in [4.78, 5) is 16.3. The number of nitrogens with one attached hydrogen (secondary N) is 1. The minimum absolute atomic E-state index is 0.0619. The molecule has 1 aliphatic heterocycles. The Kier molecular flexibility index (Phi) is 4.10. The van der Waals surface area contributed by atoms with Crippen molar-refractivity contribution in [3.8, 4) is 17.0 Å². The molecule has 0 spiro atoms. The Hall–Kier alpha value is -2.83. The topological polar surface area (TPSA) is 74.0 Å². The van der Waals surface area contributed by atoms with Crippen LogP contribution in [0.4, 0.5) is 0 Å². The van der Waals surface area contributed by atoms with Crippen molar-refractivity contribution in [3.05, 3.63) is 30.7 Å². The molecule has 146 valence electrons. The molecule has 7 nitrogen and oxygen atoms in total. The molecular weight excluding hydrogens is 354 g/mol. The number of nitrogens with zero attached hydrogens (tertiary/aromatic N) is 4. The van der Waals surface area contributed by atoms with Crippen LogP contribution in [0.3, 0.4) is 0 Å². The first kappa shape index (κ1) is 17.3. The summed E-state index contributed by atoms with van der Waals surface area (Å²) >= 11 is 0. The highest BCUT2D eigenvalue weighted by Gasteiger charge is 2.30. The number of ether oxygens (including phenoxy) is 1. The van der Waals surface area contributed by atoms with Gasteiger partial charge in [-0.2, -0.15) is 5.10 Å². The van der Waals surface area contributed by atoms with E-state index >= 15 is 0 Å². The molecule has 1 aliphatic carbocycles. The zero-order valence-electron chi connectivity index (χ0n) is 16.3. The minimum atomic E-state index is -0.0619. The second kappa shape index (κ2) is 6.65. The fraction of sp³-hybridized carbons (Fsp3) is 0.476. The molecule has 2 fully saturated rings.